The van der Waals surface area contributed by atoms with Crippen LogP contribution in [-0.4, -0.2) is 56.6 Å². The molecule has 0 aromatic carbocycles. The van der Waals surface area contributed by atoms with Crippen molar-refractivity contribution in [1.82, 2.24) is 0 Å². The number of ketones is 4. The Morgan fingerprint density at radius 3 is 1.26 bits per heavy atom. The standard InChI is InChI=1S/C13H16O4.C7H16O4S2.CH4/c1-6-3-10(14)8(12(6)16)5-9-11(15)4-7(2)13(9)17;1-3-5-12(8,9)7-13(10,11)6-4-2;/h6-9H,3-5H2,1-2H3;3-7H2,1-2H3;1H4. The van der Waals surface area contributed by atoms with E-state index in [0.29, 0.717) is 12.8 Å². The van der Waals surface area contributed by atoms with Gasteiger partial charge in [-0.3, -0.25) is 19.2 Å². The summed E-state index contributed by atoms with van der Waals surface area (Å²) in [5, 5.41) is -0.693. The fourth-order valence-corrected chi connectivity index (χ4v) is 8.21. The topological polar surface area (TPSA) is 137 Å². The number of rotatable bonds is 8. The molecule has 0 spiro atoms. The molecule has 2 aliphatic carbocycles. The van der Waals surface area contributed by atoms with Crippen LogP contribution in [0.2, 0.25) is 0 Å². The normalized spacial score (nSPS) is 26.5. The third kappa shape index (κ3) is 8.56. The van der Waals surface area contributed by atoms with Crippen molar-refractivity contribution in [3.63, 3.8) is 0 Å². The third-order valence-corrected chi connectivity index (χ3v) is 10.2. The summed E-state index contributed by atoms with van der Waals surface area (Å²) < 4.78 is 44.6. The second-order valence-corrected chi connectivity index (χ2v) is 13.0. The number of Topliss-reactive ketones (excluding diaryl/α,β-unsaturated/α-hetero) is 4. The molecule has 0 amide bonds. The Morgan fingerprint density at radius 2 is 1.03 bits per heavy atom. The van der Waals surface area contributed by atoms with Crippen molar-refractivity contribution in [3.8, 4) is 0 Å². The first-order valence-corrected chi connectivity index (χ1v) is 13.9. The van der Waals surface area contributed by atoms with Crippen molar-refractivity contribution < 1.29 is 36.0 Å². The molecule has 2 aliphatic rings. The minimum absolute atomic E-state index is 0. The highest BCUT2D eigenvalue weighted by Crippen LogP contribution is 2.34. The van der Waals surface area contributed by atoms with Gasteiger partial charge in [0.2, 0.25) is 0 Å². The monoisotopic (exact) mass is 480 g/mol. The largest absolute Gasteiger partial charge is 0.299 e. The third-order valence-electron chi connectivity index (χ3n) is 5.31. The van der Waals surface area contributed by atoms with Crippen LogP contribution in [-0.2, 0) is 38.9 Å². The van der Waals surface area contributed by atoms with Crippen LogP contribution in [0.1, 0.15) is 67.2 Å². The molecule has 0 aromatic rings. The van der Waals surface area contributed by atoms with Crippen LogP contribution in [0.25, 0.3) is 0 Å². The minimum atomic E-state index is -3.40. The van der Waals surface area contributed by atoms with E-state index in [1.165, 1.54) is 0 Å². The smallest absolute Gasteiger partial charge is 0.164 e. The second kappa shape index (κ2) is 12.0. The first-order valence-electron chi connectivity index (χ1n) is 10.3. The Balaban J connectivity index is 0.000000586. The lowest BCUT2D eigenvalue weighted by atomic mass is 9.88. The van der Waals surface area contributed by atoms with Crippen LogP contribution in [0.5, 0.6) is 0 Å². The first-order chi connectivity index (χ1) is 13.7. The minimum Gasteiger partial charge on any atom is -0.299 e. The highest BCUT2D eigenvalue weighted by molar-refractivity contribution is 8.08. The van der Waals surface area contributed by atoms with Gasteiger partial charge in [0.15, 0.2) is 24.8 Å². The molecule has 0 heterocycles. The zero-order valence-electron chi connectivity index (χ0n) is 18.0. The maximum absolute atomic E-state index is 11.8. The van der Waals surface area contributed by atoms with E-state index >= 15 is 0 Å². The van der Waals surface area contributed by atoms with Gasteiger partial charge in [0.05, 0.1) is 23.3 Å². The molecule has 0 saturated heterocycles. The fourth-order valence-electron chi connectivity index (χ4n) is 3.84. The van der Waals surface area contributed by atoms with Gasteiger partial charge in [-0.25, -0.2) is 16.8 Å². The molecule has 0 bridgehead atoms. The summed E-state index contributed by atoms with van der Waals surface area (Å²) in [6.07, 6.45) is 1.56. The van der Waals surface area contributed by atoms with E-state index in [9.17, 15) is 36.0 Å². The SMILES string of the molecule is C.CC1CC(=O)C(CC2C(=O)CC(C)C2=O)C1=O.CCCS(=O)(=O)CS(=O)(=O)CCC. The van der Waals surface area contributed by atoms with Crippen molar-refractivity contribution in [3.05, 3.63) is 0 Å². The predicted octanol–water partition coefficient (Wildman–Crippen LogP) is 2.19. The molecular weight excluding hydrogens is 444 g/mol. The first kappa shape index (κ1) is 29.6. The molecular formula is C21H36O8S2. The summed E-state index contributed by atoms with van der Waals surface area (Å²) in [6, 6.07) is 0. The van der Waals surface area contributed by atoms with E-state index in [4.69, 9.17) is 0 Å². The number of sulfone groups is 2. The molecule has 31 heavy (non-hydrogen) atoms. The molecule has 2 rings (SSSR count). The fraction of sp³-hybridized carbons (Fsp3) is 0.810. The van der Waals surface area contributed by atoms with Crippen molar-refractivity contribution in [2.45, 2.75) is 67.2 Å². The summed E-state index contributed by atoms with van der Waals surface area (Å²) in [5.41, 5.74) is 0. The van der Waals surface area contributed by atoms with Gasteiger partial charge in [0.25, 0.3) is 0 Å². The molecule has 8 nitrogen and oxygen atoms in total. The van der Waals surface area contributed by atoms with E-state index in [1.54, 1.807) is 27.7 Å². The molecule has 0 aliphatic heterocycles. The van der Waals surface area contributed by atoms with Crippen molar-refractivity contribution in [2.75, 3.05) is 16.6 Å². The lowest BCUT2D eigenvalue weighted by Crippen LogP contribution is -2.26. The Morgan fingerprint density at radius 1 is 0.710 bits per heavy atom. The zero-order valence-corrected chi connectivity index (χ0v) is 19.7. The number of carbonyl (C=O) groups is 4. The Bertz CT molecular complexity index is 814. The van der Waals surface area contributed by atoms with Gasteiger partial charge in [-0.15, -0.1) is 0 Å². The summed E-state index contributed by atoms with van der Waals surface area (Å²) in [5.74, 6) is -2.45. The molecule has 4 atom stereocenters. The Hall–Kier alpha value is -1.42. The van der Waals surface area contributed by atoms with E-state index in [-0.39, 0.29) is 73.2 Å². The Labute approximate surface area is 186 Å². The van der Waals surface area contributed by atoms with Gasteiger partial charge in [-0.05, 0) is 19.3 Å². The van der Waals surface area contributed by atoms with Gasteiger partial charge in [0.1, 0.15) is 23.1 Å². The van der Waals surface area contributed by atoms with Gasteiger partial charge in [-0.2, -0.15) is 0 Å². The van der Waals surface area contributed by atoms with Crippen molar-refractivity contribution >= 4 is 42.8 Å². The summed E-state index contributed by atoms with van der Waals surface area (Å²) in [7, 11) is -6.80. The van der Waals surface area contributed by atoms with E-state index in [2.05, 4.69) is 0 Å². The Kier molecular flexibility index (Phi) is 11.4. The molecule has 0 aromatic heterocycles. The summed E-state index contributed by atoms with van der Waals surface area (Å²) in [6.45, 7) is 6.87. The van der Waals surface area contributed by atoms with Crippen molar-refractivity contribution in [1.29, 1.82) is 0 Å². The zero-order chi connectivity index (χ0) is 23.3. The average Bonchev–Trinajstić information content (AvgIpc) is 2.97. The van der Waals surface area contributed by atoms with E-state index < -0.39 is 36.6 Å². The summed E-state index contributed by atoms with van der Waals surface area (Å²) >= 11 is 0. The molecule has 10 heteroatoms. The van der Waals surface area contributed by atoms with Crippen LogP contribution in [0, 0.1) is 23.7 Å². The highest BCUT2D eigenvalue weighted by Gasteiger charge is 2.45. The molecule has 2 fully saturated rings. The van der Waals surface area contributed by atoms with Crippen LogP contribution in [0.4, 0.5) is 0 Å². The van der Waals surface area contributed by atoms with Gasteiger partial charge in [0, 0.05) is 24.7 Å². The van der Waals surface area contributed by atoms with Crippen LogP contribution in [0.3, 0.4) is 0 Å². The quantitative estimate of drug-likeness (QED) is 0.482. The van der Waals surface area contributed by atoms with E-state index in [1.807, 2.05) is 0 Å². The van der Waals surface area contributed by atoms with Gasteiger partial charge >= 0.3 is 0 Å². The molecule has 2 saturated carbocycles. The van der Waals surface area contributed by atoms with Gasteiger partial charge < -0.3 is 0 Å². The van der Waals surface area contributed by atoms with Crippen LogP contribution in [0.15, 0.2) is 0 Å². The predicted molar refractivity (Wildman–Crippen MR) is 119 cm³/mol. The lowest BCUT2D eigenvalue weighted by molar-refractivity contribution is -0.131. The highest BCUT2D eigenvalue weighted by atomic mass is 32.3. The van der Waals surface area contributed by atoms with Crippen LogP contribution >= 0.6 is 0 Å². The average molecular weight is 481 g/mol. The molecule has 0 radical (unpaired) electrons. The second-order valence-electron chi connectivity index (χ2n) is 8.30. The number of hydrogen-bond acceptors (Lipinski definition) is 8. The molecule has 0 N–H and O–H groups in total. The molecule has 180 valence electrons. The molecule has 4 unspecified atom stereocenters. The number of hydrogen-bond donors (Lipinski definition) is 0. The maximum Gasteiger partial charge on any atom is 0.164 e. The summed E-state index contributed by atoms with van der Waals surface area (Å²) in [4.78, 5) is 46.8. The van der Waals surface area contributed by atoms with E-state index in [0.717, 1.165) is 0 Å². The van der Waals surface area contributed by atoms with Crippen molar-refractivity contribution in [2.24, 2.45) is 23.7 Å². The van der Waals surface area contributed by atoms with Crippen LogP contribution < -0.4 is 0 Å². The maximum atomic E-state index is 11.8. The van der Waals surface area contributed by atoms with Gasteiger partial charge in [-0.1, -0.05) is 35.1 Å². The number of carbonyl (C=O) groups excluding carboxylic acids is 4. The lowest BCUT2D eigenvalue weighted by Gasteiger charge is -2.11.